The molecule has 1 fully saturated rings. The summed E-state index contributed by atoms with van der Waals surface area (Å²) >= 11 is 8.12. The maximum absolute atomic E-state index is 11.9. The van der Waals surface area contributed by atoms with Crippen molar-refractivity contribution in [3.63, 3.8) is 0 Å². The smallest absolute Gasteiger partial charge is 0.348 e. The highest BCUT2D eigenvalue weighted by molar-refractivity contribution is 7.13. The molecule has 1 aromatic heterocycles. The summed E-state index contributed by atoms with van der Waals surface area (Å²) in [7, 11) is 0. The van der Waals surface area contributed by atoms with E-state index in [4.69, 9.17) is 21.4 Å². The molecule has 0 bridgehead atoms. The van der Waals surface area contributed by atoms with Gasteiger partial charge in [-0.15, -0.1) is 22.9 Å². The molecule has 3 N–H and O–H groups in total. The minimum Gasteiger partial charge on any atom is -0.459 e. The number of aliphatic hydroxyl groups is 3. The Hall–Kier alpha value is -1.44. The molecule has 1 aliphatic rings. The average molecular weight is 537 g/mol. The summed E-state index contributed by atoms with van der Waals surface area (Å²) in [5.41, 5.74) is 2.20. The van der Waals surface area contributed by atoms with E-state index in [1.165, 1.54) is 16.9 Å². The van der Waals surface area contributed by atoms with Gasteiger partial charge in [-0.25, -0.2) is 4.79 Å². The van der Waals surface area contributed by atoms with Crippen molar-refractivity contribution in [3.8, 4) is 0 Å². The number of carbonyl (C=O) groups is 1. The highest BCUT2D eigenvalue weighted by atomic mass is 35.5. The first-order chi connectivity index (χ1) is 17.4. The van der Waals surface area contributed by atoms with Crippen LogP contribution in [0.4, 0.5) is 0 Å². The number of hydrogen-bond donors (Lipinski definition) is 3. The second-order valence-corrected chi connectivity index (χ2v) is 11.7. The van der Waals surface area contributed by atoms with Gasteiger partial charge in [-0.1, -0.05) is 50.5 Å². The minimum atomic E-state index is -0.410. The zero-order valence-corrected chi connectivity index (χ0v) is 22.9. The summed E-state index contributed by atoms with van der Waals surface area (Å²) < 4.78 is 4.98. The van der Waals surface area contributed by atoms with Crippen LogP contribution in [0.2, 0.25) is 0 Å². The number of benzene rings is 1. The molecule has 1 saturated carbocycles. The first-order valence-electron chi connectivity index (χ1n) is 13.4. The number of ether oxygens (including phenoxy) is 1. The Morgan fingerprint density at radius 3 is 2.75 bits per heavy atom. The van der Waals surface area contributed by atoms with Gasteiger partial charge in [-0.05, 0) is 80.0 Å². The van der Waals surface area contributed by atoms with Crippen LogP contribution in [0.3, 0.4) is 0 Å². The number of hydrogen-bond acceptors (Lipinski definition) is 6. The number of carbonyl (C=O) groups excluding carboxylic acids is 1. The van der Waals surface area contributed by atoms with E-state index in [9.17, 15) is 15.0 Å². The Labute approximate surface area is 224 Å². The summed E-state index contributed by atoms with van der Waals surface area (Å²) in [5, 5.41) is 30.0. The van der Waals surface area contributed by atoms with E-state index in [0.29, 0.717) is 11.3 Å². The molecule has 0 spiro atoms. The van der Waals surface area contributed by atoms with Crippen LogP contribution in [-0.4, -0.2) is 46.0 Å². The number of rotatable bonds is 15. The van der Waals surface area contributed by atoms with Gasteiger partial charge in [0.1, 0.15) is 11.5 Å². The van der Waals surface area contributed by atoms with Gasteiger partial charge in [-0.3, -0.25) is 0 Å². The molecule has 5 nitrogen and oxygen atoms in total. The number of alkyl halides is 1. The average Bonchev–Trinajstić information content (AvgIpc) is 3.45. The van der Waals surface area contributed by atoms with Crippen molar-refractivity contribution in [2.45, 2.75) is 88.7 Å². The van der Waals surface area contributed by atoms with Crippen LogP contribution < -0.4 is 0 Å². The lowest BCUT2D eigenvalue weighted by Crippen LogP contribution is -2.21. The van der Waals surface area contributed by atoms with Gasteiger partial charge in [0.15, 0.2) is 0 Å². The zero-order chi connectivity index (χ0) is 25.9. The number of aliphatic hydroxyl groups excluding tert-OH is 3. The van der Waals surface area contributed by atoms with Crippen LogP contribution in [0, 0.1) is 11.8 Å². The molecular formula is C29H41ClO5S. The van der Waals surface area contributed by atoms with Crippen LogP contribution in [0.5, 0.6) is 0 Å². The second-order valence-electron chi connectivity index (χ2n) is 9.96. The summed E-state index contributed by atoms with van der Waals surface area (Å²) in [6.07, 6.45) is 8.45. The Bertz CT molecular complexity index is 932. The quantitative estimate of drug-likeness (QED) is 0.146. The van der Waals surface area contributed by atoms with Crippen LogP contribution in [0.15, 0.2) is 36.4 Å². The predicted molar refractivity (Wildman–Crippen MR) is 146 cm³/mol. The largest absolute Gasteiger partial charge is 0.459 e. The molecule has 0 aliphatic heterocycles. The summed E-state index contributed by atoms with van der Waals surface area (Å²) in [6.45, 7) is 2.00. The molecule has 3 rings (SSSR count). The molecule has 200 valence electrons. The molecule has 36 heavy (non-hydrogen) atoms. The Morgan fingerprint density at radius 2 is 1.97 bits per heavy atom. The van der Waals surface area contributed by atoms with Crippen molar-refractivity contribution in [2.24, 2.45) is 11.8 Å². The Balaban J connectivity index is 1.50. The van der Waals surface area contributed by atoms with E-state index in [1.807, 2.05) is 18.2 Å². The highest BCUT2D eigenvalue weighted by Crippen LogP contribution is 2.41. The van der Waals surface area contributed by atoms with E-state index in [2.05, 4.69) is 19.1 Å². The van der Waals surface area contributed by atoms with Gasteiger partial charge in [0.2, 0.25) is 0 Å². The SMILES string of the molecule is CCCCCC(O)c1cccc(CC[C@H]2C(Cl)CC(O)[C@@H]2CCCc2ccc(C(=O)OCCO)s2)c1. The lowest BCUT2D eigenvalue weighted by molar-refractivity contribution is 0.0439. The fourth-order valence-corrected chi connectivity index (χ4v) is 6.76. The summed E-state index contributed by atoms with van der Waals surface area (Å²) in [6, 6.07) is 12.0. The Kier molecular flexibility index (Phi) is 12.2. The highest BCUT2D eigenvalue weighted by Gasteiger charge is 2.40. The molecule has 1 aliphatic carbocycles. The van der Waals surface area contributed by atoms with Crippen LogP contribution in [-0.2, 0) is 17.6 Å². The van der Waals surface area contributed by atoms with Crippen molar-refractivity contribution in [1.29, 1.82) is 0 Å². The van der Waals surface area contributed by atoms with Crippen molar-refractivity contribution in [1.82, 2.24) is 0 Å². The molecule has 0 radical (unpaired) electrons. The maximum atomic E-state index is 11.9. The lowest BCUT2D eigenvalue weighted by Gasteiger charge is -2.23. The molecule has 1 heterocycles. The van der Waals surface area contributed by atoms with Crippen LogP contribution >= 0.6 is 22.9 Å². The van der Waals surface area contributed by atoms with E-state index >= 15 is 0 Å². The van der Waals surface area contributed by atoms with Crippen molar-refractivity contribution < 1.29 is 24.9 Å². The van der Waals surface area contributed by atoms with Crippen molar-refractivity contribution >= 4 is 28.9 Å². The predicted octanol–water partition coefficient (Wildman–Crippen LogP) is 6.07. The minimum absolute atomic E-state index is 0.0104. The molecular weight excluding hydrogens is 496 g/mol. The summed E-state index contributed by atoms with van der Waals surface area (Å²) in [4.78, 5) is 13.6. The molecule has 1 aromatic carbocycles. The van der Waals surface area contributed by atoms with Crippen molar-refractivity contribution in [3.05, 3.63) is 57.3 Å². The van der Waals surface area contributed by atoms with E-state index in [-0.39, 0.29) is 36.5 Å². The van der Waals surface area contributed by atoms with E-state index in [0.717, 1.165) is 68.2 Å². The molecule has 5 atom stereocenters. The maximum Gasteiger partial charge on any atom is 0.348 e. The Morgan fingerprint density at radius 1 is 1.14 bits per heavy atom. The van der Waals surface area contributed by atoms with Crippen molar-refractivity contribution in [2.75, 3.05) is 13.2 Å². The molecule has 0 saturated heterocycles. The van der Waals surface area contributed by atoms with Gasteiger partial charge >= 0.3 is 5.97 Å². The molecule has 7 heteroatoms. The normalized spacial score (nSPS) is 22.6. The first kappa shape index (κ1) is 29.1. The van der Waals surface area contributed by atoms with Gasteiger partial charge in [-0.2, -0.15) is 0 Å². The zero-order valence-electron chi connectivity index (χ0n) is 21.3. The van der Waals surface area contributed by atoms with Gasteiger partial charge in [0, 0.05) is 10.3 Å². The second kappa shape index (κ2) is 15.1. The molecule has 3 unspecified atom stereocenters. The first-order valence-corrected chi connectivity index (χ1v) is 14.6. The fraction of sp³-hybridized carbons (Fsp3) is 0.621. The number of aryl methyl sites for hydroxylation is 2. The van der Waals surface area contributed by atoms with E-state index < -0.39 is 12.1 Å². The van der Waals surface area contributed by atoms with E-state index in [1.54, 1.807) is 6.07 Å². The molecule has 0 amide bonds. The van der Waals surface area contributed by atoms with Gasteiger partial charge < -0.3 is 20.1 Å². The number of unbranched alkanes of at least 4 members (excludes halogenated alkanes) is 2. The number of halogens is 1. The number of esters is 1. The van der Waals surface area contributed by atoms with Gasteiger partial charge in [0.25, 0.3) is 0 Å². The number of thiophene rings is 1. The summed E-state index contributed by atoms with van der Waals surface area (Å²) in [5.74, 6) is 0.0329. The molecule has 2 aromatic rings. The van der Waals surface area contributed by atoms with Crippen LogP contribution in [0.25, 0.3) is 0 Å². The third-order valence-electron chi connectivity index (χ3n) is 7.31. The monoisotopic (exact) mass is 536 g/mol. The third-order valence-corrected chi connectivity index (χ3v) is 8.93. The van der Waals surface area contributed by atoms with Crippen LogP contribution in [0.1, 0.15) is 90.1 Å². The fourth-order valence-electron chi connectivity index (χ4n) is 5.32. The lowest BCUT2D eigenvalue weighted by atomic mass is 9.85. The third kappa shape index (κ3) is 8.56. The standard InChI is InChI=1S/C29H41ClO5S/c1-2-3-4-11-26(32)21-8-5-7-20(18-21)12-14-23-24(27(33)19-25(23)30)10-6-9-22-13-15-28(36-22)29(34)35-17-16-31/h5,7-8,13,15,18,23-27,31-33H,2-4,6,9-12,14,16-17,19H2,1H3/t23-,24-,25?,26?,27?/m1/s1. The topological polar surface area (TPSA) is 87.0 Å². The van der Waals surface area contributed by atoms with Gasteiger partial charge in [0.05, 0.1) is 18.8 Å².